The quantitative estimate of drug-likeness (QED) is 0.837. The van der Waals surface area contributed by atoms with Crippen molar-refractivity contribution in [1.29, 1.82) is 0 Å². The molecule has 1 aliphatic rings. The van der Waals surface area contributed by atoms with Gasteiger partial charge in [-0.15, -0.1) is 0 Å². The van der Waals surface area contributed by atoms with Gasteiger partial charge < -0.3 is 9.84 Å². The Kier molecular flexibility index (Phi) is 3.39. The van der Waals surface area contributed by atoms with Gasteiger partial charge in [0.15, 0.2) is 11.6 Å². The summed E-state index contributed by atoms with van der Waals surface area (Å²) in [6.07, 6.45) is 2.42. The van der Waals surface area contributed by atoms with Gasteiger partial charge in [-0.1, -0.05) is 0 Å². The second-order valence-corrected chi connectivity index (χ2v) is 4.10. The molecule has 0 bridgehead atoms. The Hall–Kier alpha value is -1.16. The van der Waals surface area contributed by atoms with Crippen LogP contribution in [0.15, 0.2) is 12.1 Å². The molecular weight excluding hydrogens is 214 g/mol. The van der Waals surface area contributed by atoms with Gasteiger partial charge in [0, 0.05) is 18.2 Å². The molecule has 0 aliphatic heterocycles. The van der Waals surface area contributed by atoms with Gasteiger partial charge in [0.25, 0.3) is 0 Å². The largest absolute Gasteiger partial charge is 0.490 e. The fraction of sp³-hybridized carbons (Fsp3) is 0.500. The van der Waals surface area contributed by atoms with Crippen LogP contribution in [0.1, 0.15) is 18.4 Å². The highest BCUT2D eigenvalue weighted by atomic mass is 19.1. The fourth-order valence-corrected chi connectivity index (χ4v) is 1.57. The smallest absolute Gasteiger partial charge is 0.168 e. The lowest BCUT2D eigenvalue weighted by molar-refractivity contribution is 0.271. The van der Waals surface area contributed by atoms with Crippen LogP contribution in [0.5, 0.6) is 5.75 Å². The third-order valence-corrected chi connectivity index (χ3v) is 2.63. The minimum absolute atomic E-state index is 0.0855. The first kappa shape index (κ1) is 11.3. The fourth-order valence-electron chi connectivity index (χ4n) is 1.57. The van der Waals surface area contributed by atoms with Crippen LogP contribution in [0.4, 0.5) is 8.78 Å². The minimum atomic E-state index is -0.691. The molecule has 4 heteroatoms. The first-order valence-electron chi connectivity index (χ1n) is 5.42. The predicted octanol–water partition coefficient (Wildman–Crippen LogP) is 2.29. The van der Waals surface area contributed by atoms with Gasteiger partial charge in [-0.25, -0.2) is 8.78 Å². The van der Waals surface area contributed by atoms with E-state index in [2.05, 4.69) is 0 Å². The van der Waals surface area contributed by atoms with Gasteiger partial charge in [0.1, 0.15) is 5.82 Å². The van der Waals surface area contributed by atoms with Gasteiger partial charge in [-0.05, 0) is 31.2 Å². The molecule has 1 N–H and O–H groups in total. The zero-order valence-corrected chi connectivity index (χ0v) is 8.88. The molecule has 0 amide bonds. The first-order valence-corrected chi connectivity index (χ1v) is 5.42. The summed E-state index contributed by atoms with van der Waals surface area (Å²) in [5, 5.41) is 8.82. The van der Waals surface area contributed by atoms with Crippen molar-refractivity contribution >= 4 is 0 Å². The van der Waals surface area contributed by atoms with Gasteiger partial charge in [-0.3, -0.25) is 0 Å². The summed E-state index contributed by atoms with van der Waals surface area (Å²) >= 11 is 0. The molecule has 2 rings (SSSR count). The van der Waals surface area contributed by atoms with Crippen molar-refractivity contribution in [3.05, 3.63) is 29.3 Å². The molecular formula is C12H14F2O2. The summed E-state index contributed by atoms with van der Waals surface area (Å²) in [4.78, 5) is 0. The lowest BCUT2D eigenvalue weighted by Crippen LogP contribution is -2.05. The Balaban J connectivity index is 2.16. The molecule has 1 aliphatic carbocycles. The lowest BCUT2D eigenvalue weighted by atomic mass is 10.1. The molecule has 0 heterocycles. The second-order valence-electron chi connectivity index (χ2n) is 4.10. The van der Waals surface area contributed by atoms with Crippen LogP contribution in [-0.4, -0.2) is 18.3 Å². The molecule has 0 saturated heterocycles. The average molecular weight is 228 g/mol. The van der Waals surface area contributed by atoms with Gasteiger partial charge >= 0.3 is 0 Å². The Bertz CT molecular complexity index is 376. The summed E-state index contributed by atoms with van der Waals surface area (Å²) in [6.45, 7) is 0.323. The number of aliphatic hydroxyl groups excluding tert-OH is 1. The van der Waals surface area contributed by atoms with Crippen LogP contribution in [0.3, 0.4) is 0 Å². The maximum Gasteiger partial charge on any atom is 0.168 e. The van der Waals surface area contributed by atoms with Gasteiger partial charge in [-0.2, -0.15) is 0 Å². The van der Waals surface area contributed by atoms with Gasteiger partial charge in [0.2, 0.25) is 0 Å². The van der Waals surface area contributed by atoms with E-state index in [0.717, 1.165) is 18.9 Å². The molecule has 0 atom stereocenters. The van der Waals surface area contributed by atoms with Crippen LogP contribution in [0.25, 0.3) is 0 Å². The highest BCUT2D eigenvalue weighted by Gasteiger charge is 2.23. The molecule has 1 aromatic rings. The molecule has 1 fully saturated rings. The van der Waals surface area contributed by atoms with Crippen molar-refractivity contribution in [3.8, 4) is 5.75 Å². The summed E-state index contributed by atoms with van der Waals surface area (Å²) in [5.74, 6) is -0.738. The zero-order chi connectivity index (χ0) is 11.5. The molecule has 88 valence electrons. The number of halogens is 2. The van der Waals surface area contributed by atoms with Crippen molar-refractivity contribution in [1.82, 2.24) is 0 Å². The Morgan fingerprint density at radius 3 is 2.69 bits per heavy atom. The number of aliphatic hydroxyl groups is 1. The molecule has 16 heavy (non-hydrogen) atoms. The number of rotatable bonds is 5. The standard InChI is InChI=1S/C12H14F2O2/c13-10-5-9(3-4-15)12(11(14)6-10)16-7-8-1-2-8/h5-6,8,15H,1-4,7H2. The third kappa shape index (κ3) is 2.70. The molecule has 2 nitrogen and oxygen atoms in total. The summed E-state index contributed by atoms with van der Waals surface area (Å²) in [6, 6.07) is 2.02. The second kappa shape index (κ2) is 4.78. The number of hydrogen-bond donors (Lipinski definition) is 1. The van der Waals surface area contributed by atoms with Crippen molar-refractivity contribution in [2.75, 3.05) is 13.2 Å². The Morgan fingerprint density at radius 1 is 1.31 bits per heavy atom. The maximum absolute atomic E-state index is 13.5. The highest BCUT2D eigenvalue weighted by molar-refractivity contribution is 5.36. The Morgan fingerprint density at radius 2 is 2.06 bits per heavy atom. The van der Waals surface area contributed by atoms with E-state index < -0.39 is 11.6 Å². The zero-order valence-electron chi connectivity index (χ0n) is 8.88. The highest BCUT2D eigenvalue weighted by Crippen LogP contribution is 2.31. The number of hydrogen-bond acceptors (Lipinski definition) is 2. The van der Waals surface area contributed by atoms with E-state index in [4.69, 9.17) is 9.84 Å². The molecule has 0 radical (unpaired) electrons. The normalized spacial score (nSPS) is 15.2. The maximum atomic E-state index is 13.5. The SMILES string of the molecule is OCCc1cc(F)cc(F)c1OCC1CC1. The molecule has 0 unspecified atom stereocenters. The minimum Gasteiger partial charge on any atom is -0.490 e. The van der Waals surface area contributed by atoms with Crippen molar-refractivity contribution < 1.29 is 18.6 Å². The molecule has 1 aromatic carbocycles. The molecule has 1 saturated carbocycles. The van der Waals surface area contributed by atoms with E-state index >= 15 is 0 Å². The lowest BCUT2D eigenvalue weighted by Gasteiger charge is -2.11. The summed E-state index contributed by atoms with van der Waals surface area (Å²) in [5.41, 5.74) is 0.389. The summed E-state index contributed by atoms with van der Waals surface area (Å²) < 4.78 is 31.8. The average Bonchev–Trinajstić information content (AvgIpc) is 3.00. The Labute approximate surface area is 92.9 Å². The van der Waals surface area contributed by atoms with Crippen LogP contribution in [-0.2, 0) is 6.42 Å². The monoisotopic (exact) mass is 228 g/mol. The van der Waals surface area contributed by atoms with E-state index in [1.54, 1.807) is 0 Å². The van der Waals surface area contributed by atoms with Gasteiger partial charge in [0.05, 0.1) is 6.61 Å². The predicted molar refractivity (Wildman–Crippen MR) is 55.4 cm³/mol. The van der Waals surface area contributed by atoms with E-state index in [1.807, 2.05) is 0 Å². The van der Waals surface area contributed by atoms with E-state index in [1.165, 1.54) is 6.07 Å². The number of ether oxygens (including phenoxy) is 1. The van der Waals surface area contributed by atoms with E-state index in [0.29, 0.717) is 18.1 Å². The number of benzene rings is 1. The topological polar surface area (TPSA) is 29.5 Å². The van der Waals surface area contributed by atoms with Crippen molar-refractivity contribution in [3.63, 3.8) is 0 Å². The van der Waals surface area contributed by atoms with Crippen LogP contribution in [0.2, 0.25) is 0 Å². The van der Waals surface area contributed by atoms with Crippen LogP contribution >= 0.6 is 0 Å². The summed E-state index contributed by atoms with van der Waals surface area (Å²) in [7, 11) is 0. The van der Waals surface area contributed by atoms with Crippen molar-refractivity contribution in [2.45, 2.75) is 19.3 Å². The van der Waals surface area contributed by atoms with Crippen molar-refractivity contribution in [2.24, 2.45) is 5.92 Å². The van der Waals surface area contributed by atoms with Crippen LogP contribution < -0.4 is 4.74 Å². The molecule has 0 spiro atoms. The van der Waals surface area contributed by atoms with E-state index in [-0.39, 0.29) is 18.8 Å². The molecule has 0 aromatic heterocycles. The van der Waals surface area contributed by atoms with E-state index in [9.17, 15) is 8.78 Å². The third-order valence-electron chi connectivity index (χ3n) is 2.63. The first-order chi connectivity index (χ1) is 7.70. The van der Waals surface area contributed by atoms with Crippen LogP contribution in [0, 0.1) is 17.6 Å².